The van der Waals surface area contributed by atoms with Gasteiger partial charge in [-0.2, -0.15) is 0 Å². The van der Waals surface area contributed by atoms with Crippen molar-refractivity contribution in [3.05, 3.63) is 47.3 Å². The maximum Gasteiger partial charge on any atom is 0.410 e. The number of carbonyl (C=O) groups is 5. The van der Waals surface area contributed by atoms with Crippen LogP contribution >= 0.6 is 0 Å². The first-order valence-corrected chi connectivity index (χ1v) is 20.7. The minimum Gasteiger partial charge on any atom is -0.444 e. The van der Waals surface area contributed by atoms with Gasteiger partial charge in [0.25, 0.3) is 5.91 Å². The van der Waals surface area contributed by atoms with E-state index in [4.69, 9.17) is 14.2 Å². The summed E-state index contributed by atoms with van der Waals surface area (Å²) < 4.78 is 59.3. The van der Waals surface area contributed by atoms with Crippen LogP contribution in [0.3, 0.4) is 0 Å². The van der Waals surface area contributed by atoms with Gasteiger partial charge in [-0.25, -0.2) is 22.4 Å². The summed E-state index contributed by atoms with van der Waals surface area (Å²) in [6.07, 6.45) is 5.25. The number of carbonyl (C=O) groups excluding carboxylic acids is 5. The largest absolute Gasteiger partial charge is 0.444 e. The van der Waals surface area contributed by atoms with E-state index in [0.29, 0.717) is 43.2 Å². The van der Waals surface area contributed by atoms with E-state index < -0.39 is 86.5 Å². The number of rotatable bonds is 7. The molecule has 3 fully saturated rings. The molecule has 0 spiro atoms. The third kappa shape index (κ3) is 9.25. The van der Waals surface area contributed by atoms with Gasteiger partial charge in [0, 0.05) is 26.0 Å². The average molecular weight is 790 g/mol. The second-order valence-corrected chi connectivity index (χ2v) is 18.1. The summed E-state index contributed by atoms with van der Waals surface area (Å²) in [4.78, 5) is 71.9. The molecule has 5 aliphatic rings. The highest BCUT2D eigenvalue weighted by molar-refractivity contribution is 7.91. The first kappa shape index (κ1) is 40.4. The van der Waals surface area contributed by atoms with Gasteiger partial charge in [0.15, 0.2) is 0 Å². The van der Waals surface area contributed by atoms with Crippen LogP contribution in [0.5, 0.6) is 0 Å². The minimum absolute atomic E-state index is 0.0695. The second kappa shape index (κ2) is 16.1. The van der Waals surface area contributed by atoms with Gasteiger partial charge in [-0.05, 0) is 82.9 Å². The fourth-order valence-corrected chi connectivity index (χ4v) is 9.13. The topological polar surface area (TPSA) is 190 Å². The maximum absolute atomic E-state index is 14.7. The molecule has 2 saturated carbocycles. The van der Waals surface area contributed by atoms with E-state index in [1.807, 2.05) is 12.2 Å². The van der Waals surface area contributed by atoms with Crippen molar-refractivity contribution in [2.45, 2.75) is 126 Å². The normalized spacial score (nSPS) is 29.3. The number of nitrogens with zero attached hydrogens (tertiary/aromatic N) is 2. The molecule has 6 atom stereocenters. The molecule has 2 unspecified atom stereocenters. The molecule has 3 heterocycles. The van der Waals surface area contributed by atoms with Gasteiger partial charge >= 0.3 is 12.2 Å². The standard InChI is InChI=1S/C38H52FN5O10S/c1-37(2,3)54-35(48)40-29-14-9-7-5-6-8-11-23-20-38(23,34(47)42-55(50,51)25-15-16-25)41-32(45)30-19-24(21-44(30)33(29)46)53-36(49)43-18-17-26-27(31(43)22-52-4)12-10-13-28(26)39/h8,10-13,23-25,29-31H,5-7,9,14-22H2,1-4H3,(H,40,48)(H,41,45)(H,42,47)/b11-8-/t23-,24+,29-,30?,31?,38+/m0/s1. The highest BCUT2D eigenvalue weighted by atomic mass is 32.2. The number of methoxy groups -OCH3 is 1. The molecule has 55 heavy (non-hydrogen) atoms. The number of ether oxygens (including phenoxy) is 3. The zero-order chi connectivity index (χ0) is 39.7. The highest BCUT2D eigenvalue weighted by Gasteiger charge is 2.62. The van der Waals surface area contributed by atoms with Crippen LogP contribution in [0, 0.1) is 11.7 Å². The van der Waals surface area contributed by atoms with E-state index in [1.54, 1.807) is 32.9 Å². The van der Waals surface area contributed by atoms with E-state index in [9.17, 15) is 36.8 Å². The van der Waals surface area contributed by atoms with Gasteiger partial charge < -0.3 is 29.7 Å². The summed E-state index contributed by atoms with van der Waals surface area (Å²) in [5.74, 6) is -3.04. The fraction of sp³-hybridized carbons (Fsp3) is 0.658. The molecule has 0 radical (unpaired) electrons. The van der Waals surface area contributed by atoms with Gasteiger partial charge in [0.05, 0.1) is 24.4 Å². The number of allylic oxidation sites excluding steroid dienone is 1. The van der Waals surface area contributed by atoms with Crippen molar-refractivity contribution >= 4 is 39.9 Å². The number of hydrogen-bond donors (Lipinski definition) is 3. The van der Waals surface area contributed by atoms with Crippen molar-refractivity contribution in [3.8, 4) is 0 Å². The van der Waals surface area contributed by atoms with Crippen LogP contribution in [-0.2, 0) is 45.0 Å². The maximum atomic E-state index is 14.7. The van der Waals surface area contributed by atoms with Gasteiger partial charge in [0.2, 0.25) is 21.8 Å². The summed E-state index contributed by atoms with van der Waals surface area (Å²) in [6, 6.07) is 1.67. The van der Waals surface area contributed by atoms with E-state index in [2.05, 4.69) is 15.4 Å². The Morgan fingerprint density at radius 1 is 1.09 bits per heavy atom. The SMILES string of the molecule is COCC1c2cccc(F)c2CCN1C(=O)O[C@@H]1CC2C(=O)N[C@]3(C(=O)NS(=O)(=O)C4CC4)C[C@@H]3/C=C\CCCCC[C@H](NC(=O)OC(C)(C)C)C(=O)N2C1. The van der Waals surface area contributed by atoms with Crippen LogP contribution in [0.2, 0.25) is 0 Å². The van der Waals surface area contributed by atoms with Crippen molar-refractivity contribution in [2.24, 2.45) is 5.92 Å². The monoisotopic (exact) mass is 789 g/mol. The summed E-state index contributed by atoms with van der Waals surface area (Å²) in [5.41, 5.74) is -1.34. The lowest BCUT2D eigenvalue weighted by molar-refractivity contribution is -0.141. The molecule has 1 aromatic rings. The predicted octanol–water partition coefficient (Wildman–Crippen LogP) is 3.37. The van der Waals surface area contributed by atoms with Gasteiger partial charge in [-0.15, -0.1) is 0 Å². The summed E-state index contributed by atoms with van der Waals surface area (Å²) in [6.45, 7) is 5.08. The molecule has 2 aliphatic carbocycles. The Morgan fingerprint density at radius 3 is 2.56 bits per heavy atom. The smallest absolute Gasteiger partial charge is 0.410 e. The molecular formula is C38H52FN5O10S. The van der Waals surface area contributed by atoms with Gasteiger partial charge in [-0.3, -0.25) is 24.0 Å². The van der Waals surface area contributed by atoms with Crippen LogP contribution in [-0.4, -0.2) is 110 Å². The van der Waals surface area contributed by atoms with E-state index in [1.165, 1.54) is 23.0 Å². The Hall–Kier alpha value is -4.25. The fourth-order valence-electron chi connectivity index (χ4n) is 7.77. The zero-order valence-electron chi connectivity index (χ0n) is 31.8. The van der Waals surface area contributed by atoms with Crippen molar-refractivity contribution in [1.29, 1.82) is 0 Å². The Labute approximate surface area is 321 Å². The van der Waals surface area contributed by atoms with Crippen molar-refractivity contribution in [3.63, 3.8) is 0 Å². The number of fused-ring (bicyclic) bond motifs is 3. The Morgan fingerprint density at radius 2 is 1.85 bits per heavy atom. The molecule has 6 rings (SSSR count). The zero-order valence-corrected chi connectivity index (χ0v) is 32.6. The molecule has 302 valence electrons. The predicted molar refractivity (Wildman–Crippen MR) is 196 cm³/mol. The lowest BCUT2D eigenvalue weighted by Crippen LogP contribution is -2.58. The summed E-state index contributed by atoms with van der Waals surface area (Å²) >= 11 is 0. The molecule has 15 nitrogen and oxygen atoms in total. The molecular weight excluding hydrogens is 738 g/mol. The second-order valence-electron chi connectivity index (χ2n) is 16.2. The van der Waals surface area contributed by atoms with Crippen molar-refractivity contribution in [2.75, 3.05) is 26.8 Å². The molecule has 0 aromatic heterocycles. The highest BCUT2D eigenvalue weighted by Crippen LogP contribution is 2.46. The first-order chi connectivity index (χ1) is 26.0. The van der Waals surface area contributed by atoms with Crippen molar-refractivity contribution in [1.82, 2.24) is 25.2 Å². The molecule has 3 aliphatic heterocycles. The summed E-state index contributed by atoms with van der Waals surface area (Å²) in [5, 5.41) is 4.82. The van der Waals surface area contributed by atoms with E-state index in [-0.39, 0.29) is 51.2 Å². The number of sulfonamides is 1. The number of alkyl carbamates (subject to hydrolysis) is 1. The van der Waals surface area contributed by atoms with Crippen LogP contribution < -0.4 is 15.4 Å². The Balaban J connectivity index is 1.27. The first-order valence-electron chi connectivity index (χ1n) is 19.1. The molecule has 3 N–H and O–H groups in total. The third-order valence-corrected chi connectivity index (χ3v) is 12.7. The van der Waals surface area contributed by atoms with Gasteiger partial charge in [0.1, 0.15) is 35.1 Å². The Kier molecular flexibility index (Phi) is 11.8. The van der Waals surface area contributed by atoms with Crippen LogP contribution in [0.4, 0.5) is 14.0 Å². The average Bonchev–Trinajstić information content (AvgIpc) is 4.03. The summed E-state index contributed by atoms with van der Waals surface area (Å²) in [7, 11) is -2.46. The van der Waals surface area contributed by atoms with E-state index in [0.717, 1.165) is 6.42 Å². The number of halogens is 1. The Bertz CT molecular complexity index is 1810. The van der Waals surface area contributed by atoms with E-state index >= 15 is 0 Å². The lowest BCUT2D eigenvalue weighted by atomic mass is 9.93. The van der Waals surface area contributed by atoms with Crippen LogP contribution in [0.15, 0.2) is 30.4 Å². The quantitative estimate of drug-likeness (QED) is 0.346. The molecule has 0 bridgehead atoms. The number of benzene rings is 1. The molecule has 1 saturated heterocycles. The number of hydrogen-bond acceptors (Lipinski definition) is 10. The van der Waals surface area contributed by atoms with Crippen LogP contribution in [0.25, 0.3) is 0 Å². The number of amides is 5. The van der Waals surface area contributed by atoms with Crippen molar-refractivity contribution < 1.29 is 51.0 Å². The number of nitrogens with one attached hydrogen (secondary N) is 3. The van der Waals surface area contributed by atoms with Crippen LogP contribution in [0.1, 0.15) is 95.7 Å². The van der Waals surface area contributed by atoms with Gasteiger partial charge in [-0.1, -0.05) is 37.1 Å². The molecule has 1 aromatic carbocycles. The third-order valence-electron chi connectivity index (χ3n) is 10.9. The molecule has 5 amide bonds. The minimum atomic E-state index is -3.93. The molecule has 17 heteroatoms. The lowest BCUT2D eigenvalue weighted by Gasteiger charge is -2.36.